The maximum Gasteiger partial charge on any atom is 0.0381 e. The average Bonchev–Trinajstić information content (AvgIpc) is 3.41. The first kappa shape index (κ1) is 19.7. The van der Waals surface area contributed by atoms with Gasteiger partial charge in [0.15, 0.2) is 0 Å². The van der Waals surface area contributed by atoms with Crippen molar-refractivity contribution in [3.63, 3.8) is 0 Å². The second-order valence-corrected chi connectivity index (χ2v) is 9.44. The lowest BCUT2D eigenvalue weighted by Crippen LogP contribution is -2.36. The molecular weight excluding hydrogens is 366 g/mol. The van der Waals surface area contributed by atoms with Gasteiger partial charge >= 0.3 is 0 Å². The Morgan fingerprint density at radius 2 is 1.70 bits per heavy atom. The summed E-state index contributed by atoms with van der Waals surface area (Å²) < 4.78 is 0. The second kappa shape index (κ2) is 8.85. The Balaban J connectivity index is 1.23. The minimum atomic E-state index is 0.490. The molecule has 3 nitrogen and oxygen atoms in total. The molecule has 5 rings (SSSR count). The molecule has 30 heavy (non-hydrogen) atoms. The predicted molar refractivity (Wildman–Crippen MR) is 126 cm³/mol. The third kappa shape index (κ3) is 4.27. The van der Waals surface area contributed by atoms with Gasteiger partial charge < -0.3 is 0 Å². The molecule has 2 aromatic rings. The lowest BCUT2D eigenvalue weighted by Gasteiger charge is -2.29. The fourth-order valence-corrected chi connectivity index (χ4v) is 5.75. The Morgan fingerprint density at radius 1 is 0.933 bits per heavy atom. The van der Waals surface area contributed by atoms with Crippen molar-refractivity contribution in [2.45, 2.75) is 63.8 Å². The van der Waals surface area contributed by atoms with Crippen molar-refractivity contribution in [2.24, 2.45) is 16.1 Å². The molecule has 0 bridgehead atoms. The minimum absolute atomic E-state index is 0.490. The molecule has 0 radical (unpaired) electrons. The predicted octanol–water partition coefficient (Wildman–Crippen LogP) is 5.43. The second-order valence-electron chi connectivity index (χ2n) is 9.44. The van der Waals surface area contributed by atoms with Crippen molar-refractivity contribution in [1.82, 2.24) is 4.90 Å². The fourth-order valence-electron chi connectivity index (χ4n) is 5.75. The van der Waals surface area contributed by atoms with Crippen LogP contribution in [0.2, 0.25) is 0 Å². The van der Waals surface area contributed by atoms with Crippen LogP contribution in [0.5, 0.6) is 0 Å². The zero-order valence-corrected chi connectivity index (χ0v) is 18.1. The molecular formula is C27H33N3. The summed E-state index contributed by atoms with van der Waals surface area (Å²) in [5, 5.41) is 8.28. The summed E-state index contributed by atoms with van der Waals surface area (Å²) in [7, 11) is 0. The highest BCUT2D eigenvalue weighted by Gasteiger charge is 2.36. The van der Waals surface area contributed by atoms with Crippen molar-refractivity contribution in [1.29, 1.82) is 0 Å². The molecule has 1 aliphatic carbocycles. The van der Waals surface area contributed by atoms with E-state index in [0.717, 1.165) is 18.6 Å². The molecule has 2 aromatic carbocycles. The number of fused-ring (bicyclic) bond motifs is 1. The van der Waals surface area contributed by atoms with Crippen LogP contribution in [0.25, 0.3) is 0 Å². The maximum absolute atomic E-state index is 4.14. The summed E-state index contributed by atoms with van der Waals surface area (Å²) in [6.07, 6.45) is 10.5. The van der Waals surface area contributed by atoms with Crippen LogP contribution in [-0.4, -0.2) is 36.0 Å². The zero-order valence-electron chi connectivity index (χ0n) is 18.1. The van der Waals surface area contributed by atoms with E-state index in [1.807, 2.05) is 6.21 Å². The Morgan fingerprint density at radius 3 is 2.50 bits per heavy atom. The highest BCUT2D eigenvalue weighted by atomic mass is 15.2. The highest BCUT2D eigenvalue weighted by molar-refractivity contribution is 5.87. The molecule has 2 heterocycles. The molecule has 0 aromatic heterocycles. The number of likely N-dealkylation sites (tertiary alicyclic amines) is 1. The average molecular weight is 400 g/mol. The van der Waals surface area contributed by atoms with E-state index in [-0.39, 0.29) is 0 Å². The molecule has 3 unspecified atom stereocenters. The zero-order chi connectivity index (χ0) is 20.3. The number of hydrogen-bond donors (Lipinski definition) is 0. The maximum atomic E-state index is 4.14. The standard InChI is InChI=1S/C27H33N3/c1-20-16-23(19-28-29-20)17-22-10-8-21(9-11-22)12-13-26-25-7-3-2-6-24(25)18-27(26)30-14-4-5-15-30/h2-3,6-11,19,23,26-27H,4-5,12-18H2,1H3. The number of rotatable bonds is 6. The van der Waals surface area contributed by atoms with E-state index >= 15 is 0 Å². The van der Waals surface area contributed by atoms with Gasteiger partial charge in [0, 0.05) is 29.8 Å². The Kier molecular flexibility index (Phi) is 5.81. The van der Waals surface area contributed by atoms with Gasteiger partial charge in [-0.2, -0.15) is 10.2 Å². The fraction of sp³-hybridized carbons (Fsp3) is 0.481. The van der Waals surface area contributed by atoms with Gasteiger partial charge in [0.2, 0.25) is 0 Å². The van der Waals surface area contributed by atoms with Gasteiger partial charge in [-0.05, 0) is 87.2 Å². The molecule has 1 saturated heterocycles. The number of aryl methyl sites for hydroxylation is 1. The summed E-state index contributed by atoms with van der Waals surface area (Å²) >= 11 is 0. The summed E-state index contributed by atoms with van der Waals surface area (Å²) in [4.78, 5) is 2.77. The van der Waals surface area contributed by atoms with E-state index in [4.69, 9.17) is 0 Å². The summed E-state index contributed by atoms with van der Waals surface area (Å²) in [5.74, 6) is 1.17. The van der Waals surface area contributed by atoms with Gasteiger partial charge in [-0.15, -0.1) is 0 Å². The highest BCUT2D eigenvalue weighted by Crippen LogP contribution is 2.40. The van der Waals surface area contributed by atoms with E-state index in [0.29, 0.717) is 17.9 Å². The van der Waals surface area contributed by atoms with E-state index in [2.05, 4.69) is 70.6 Å². The summed E-state index contributed by atoms with van der Waals surface area (Å²) in [6.45, 7) is 4.65. The lowest BCUT2D eigenvalue weighted by molar-refractivity contribution is 0.216. The molecule has 0 saturated carbocycles. The summed E-state index contributed by atoms with van der Waals surface area (Å²) in [6, 6.07) is 19.2. The SMILES string of the molecule is CC1=NN=CC(Cc2ccc(CCC3c4ccccc4CC3N3CCCC3)cc2)C1. The van der Waals surface area contributed by atoms with Crippen LogP contribution in [0.4, 0.5) is 0 Å². The van der Waals surface area contributed by atoms with Gasteiger partial charge in [-0.1, -0.05) is 48.5 Å². The quantitative estimate of drug-likeness (QED) is 0.636. The molecule has 3 atom stereocenters. The monoisotopic (exact) mass is 399 g/mol. The third-order valence-corrected chi connectivity index (χ3v) is 7.29. The third-order valence-electron chi connectivity index (χ3n) is 7.29. The number of nitrogens with zero attached hydrogens (tertiary/aromatic N) is 3. The first-order valence-corrected chi connectivity index (χ1v) is 11.7. The minimum Gasteiger partial charge on any atom is -0.299 e. The number of hydrogen-bond acceptors (Lipinski definition) is 3. The van der Waals surface area contributed by atoms with Gasteiger partial charge in [-0.25, -0.2) is 0 Å². The Hall–Kier alpha value is -2.26. The lowest BCUT2D eigenvalue weighted by atomic mass is 9.89. The van der Waals surface area contributed by atoms with Crippen LogP contribution in [0.15, 0.2) is 58.7 Å². The van der Waals surface area contributed by atoms with Gasteiger partial charge in [0.05, 0.1) is 0 Å². The molecule has 2 aliphatic heterocycles. The normalized spacial score (nSPS) is 26.0. The van der Waals surface area contributed by atoms with Crippen molar-refractivity contribution >= 4 is 11.9 Å². The first-order chi connectivity index (χ1) is 14.8. The van der Waals surface area contributed by atoms with Crippen molar-refractivity contribution in [2.75, 3.05) is 13.1 Å². The molecule has 3 aliphatic rings. The van der Waals surface area contributed by atoms with E-state index in [9.17, 15) is 0 Å². The van der Waals surface area contributed by atoms with Crippen molar-refractivity contribution in [3.8, 4) is 0 Å². The van der Waals surface area contributed by atoms with Crippen LogP contribution >= 0.6 is 0 Å². The Bertz CT molecular complexity index is 921. The molecule has 0 spiro atoms. The summed E-state index contributed by atoms with van der Waals surface area (Å²) in [5.41, 5.74) is 7.22. The van der Waals surface area contributed by atoms with Gasteiger partial charge in [0.25, 0.3) is 0 Å². The van der Waals surface area contributed by atoms with Crippen LogP contribution in [-0.2, 0) is 19.3 Å². The van der Waals surface area contributed by atoms with Gasteiger partial charge in [-0.3, -0.25) is 4.90 Å². The number of benzene rings is 2. The van der Waals surface area contributed by atoms with Crippen LogP contribution in [0.1, 0.15) is 60.8 Å². The van der Waals surface area contributed by atoms with Gasteiger partial charge in [0.1, 0.15) is 0 Å². The van der Waals surface area contributed by atoms with Crippen LogP contribution < -0.4 is 0 Å². The first-order valence-electron chi connectivity index (χ1n) is 11.7. The Labute approximate surface area is 180 Å². The van der Waals surface area contributed by atoms with Crippen LogP contribution in [0.3, 0.4) is 0 Å². The molecule has 3 heteroatoms. The van der Waals surface area contributed by atoms with Crippen molar-refractivity contribution < 1.29 is 0 Å². The smallest absolute Gasteiger partial charge is 0.0381 e. The van der Waals surface area contributed by atoms with E-state index in [1.165, 1.54) is 56.3 Å². The van der Waals surface area contributed by atoms with E-state index in [1.54, 1.807) is 11.1 Å². The van der Waals surface area contributed by atoms with Crippen molar-refractivity contribution in [3.05, 3.63) is 70.8 Å². The molecule has 156 valence electrons. The molecule has 0 amide bonds. The molecule has 0 N–H and O–H groups in total. The molecule has 1 fully saturated rings. The topological polar surface area (TPSA) is 28.0 Å². The van der Waals surface area contributed by atoms with E-state index < -0.39 is 0 Å². The largest absolute Gasteiger partial charge is 0.299 e. The van der Waals surface area contributed by atoms with Crippen LogP contribution in [0, 0.1) is 5.92 Å².